The number of halogens is 4. The summed E-state index contributed by atoms with van der Waals surface area (Å²) in [6, 6.07) is 8.27. The summed E-state index contributed by atoms with van der Waals surface area (Å²) < 4.78 is 45.3. The molecule has 0 unspecified atom stereocenters. The van der Waals surface area contributed by atoms with Gasteiger partial charge in [0.05, 0.1) is 17.3 Å². The highest BCUT2D eigenvalue weighted by atomic mass is 35.5. The van der Waals surface area contributed by atoms with Crippen LogP contribution >= 0.6 is 11.6 Å². The molecule has 5 nitrogen and oxygen atoms in total. The van der Waals surface area contributed by atoms with E-state index in [-0.39, 0.29) is 28.4 Å². The number of hydrogen-bond donors (Lipinski definition) is 0. The third kappa shape index (κ3) is 3.47. The summed E-state index contributed by atoms with van der Waals surface area (Å²) in [5.74, 6) is -0.958. The Kier molecular flexibility index (Phi) is 5.16. The van der Waals surface area contributed by atoms with E-state index in [1.165, 1.54) is 0 Å². The maximum absolute atomic E-state index is 13.2. The van der Waals surface area contributed by atoms with Crippen LogP contribution in [0.15, 0.2) is 41.2 Å². The lowest BCUT2D eigenvalue weighted by Crippen LogP contribution is -2.28. The summed E-state index contributed by atoms with van der Waals surface area (Å²) in [4.78, 5) is 28.9. The van der Waals surface area contributed by atoms with Crippen molar-refractivity contribution in [2.75, 3.05) is 6.61 Å². The predicted octanol–water partition coefficient (Wildman–Crippen LogP) is 4.54. The van der Waals surface area contributed by atoms with Gasteiger partial charge >= 0.3 is 12.1 Å². The number of alkyl halides is 3. The first-order valence-electron chi connectivity index (χ1n) is 8.21. The summed E-state index contributed by atoms with van der Waals surface area (Å²) in [6.07, 6.45) is -4.71. The van der Waals surface area contributed by atoms with Crippen LogP contribution in [0.5, 0.6) is 0 Å². The Labute approximate surface area is 162 Å². The van der Waals surface area contributed by atoms with E-state index in [1.807, 2.05) is 6.92 Å². The molecule has 1 aromatic carbocycles. The number of carbonyl (C=O) groups is 1. The van der Waals surface area contributed by atoms with Gasteiger partial charge < -0.3 is 4.74 Å². The van der Waals surface area contributed by atoms with E-state index in [9.17, 15) is 22.8 Å². The normalized spacial score (nSPS) is 11.6. The van der Waals surface area contributed by atoms with Crippen LogP contribution in [0.1, 0.15) is 28.5 Å². The van der Waals surface area contributed by atoms with E-state index in [0.29, 0.717) is 0 Å². The van der Waals surface area contributed by atoms with Crippen molar-refractivity contribution in [2.24, 2.45) is 0 Å². The Balaban J connectivity index is 2.46. The van der Waals surface area contributed by atoms with Crippen molar-refractivity contribution < 1.29 is 22.7 Å². The Hall–Kier alpha value is -2.87. The number of carbonyl (C=O) groups excluding carboxylic acids is 1. The van der Waals surface area contributed by atoms with Gasteiger partial charge in [0, 0.05) is 5.39 Å². The molecular formula is C19H14ClF3N2O3. The average Bonchev–Trinajstić information content (AvgIpc) is 2.62. The number of esters is 1. The van der Waals surface area contributed by atoms with Gasteiger partial charge in [-0.2, -0.15) is 13.2 Å². The fourth-order valence-electron chi connectivity index (χ4n) is 2.70. The molecule has 0 atom stereocenters. The van der Waals surface area contributed by atoms with Crippen molar-refractivity contribution in [2.45, 2.75) is 20.0 Å². The second-order valence-electron chi connectivity index (χ2n) is 5.95. The quantitative estimate of drug-likeness (QED) is 0.595. The van der Waals surface area contributed by atoms with Gasteiger partial charge in [0.25, 0.3) is 5.56 Å². The van der Waals surface area contributed by atoms with Gasteiger partial charge in [-0.15, -0.1) is 0 Å². The molecule has 0 aliphatic rings. The topological polar surface area (TPSA) is 61.2 Å². The smallest absolute Gasteiger partial charge is 0.433 e. The van der Waals surface area contributed by atoms with Crippen LogP contribution in [0, 0.1) is 6.92 Å². The number of nitrogens with zero attached hydrogens (tertiary/aromatic N) is 2. The largest absolute Gasteiger partial charge is 0.462 e. The number of rotatable bonds is 3. The highest BCUT2D eigenvalue weighted by molar-refractivity contribution is 6.38. The number of aryl methyl sites for hydroxylation is 1. The lowest BCUT2D eigenvalue weighted by Gasteiger charge is -2.15. The summed E-state index contributed by atoms with van der Waals surface area (Å²) in [5, 5.41) is -0.277. The van der Waals surface area contributed by atoms with Crippen molar-refractivity contribution in [3.63, 3.8) is 0 Å². The molecule has 0 aliphatic heterocycles. The van der Waals surface area contributed by atoms with Crippen LogP contribution in [0.4, 0.5) is 13.2 Å². The highest BCUT2D eigenvalue weighted by Crippen LogP contribution is 2.32. The van der Waals surface area contributed by atoms with E-state index in [2.05, 4.69) is 4.98 Å². The van der Waals surface area contributed by atoms with Gasteiger partial charge in [0.15, 0.2) is 0 Å². The SMILES string of the molecule is CCOC(=O)c1c(Cl)c2ccc(C(F)(F)F)nc2n(-c2ccc(C)cc2)c1=O. The standard InChI is InChI=1S/C19H14ClF3N2O3/c1-3-28-18(27)14-15(20)12-8-9-13(19(21,22)23)24-16(12)25(17(14)26)11-6-4-10(2)5-7-11/h4-9H,3H2,1-2H3. The molecule has 9 heteroatoms. The van der Waals surface area contributed by atoms with Crippen molar-refractivity contribution in [3.05, 3.63) is 68.6 Å². The molecule has 0 aliphatic carbocycles. The first-order valence-corrected chi connectivity index (χ1v) is 8.59. The molecule has 2 heterocycles. The first-order chi connectivity index (χ1) is 13.1. The van der Waals surface area contributed by atoms with Crippen LogP contribution in [0.2, 0.25) is 5.02 Å². The van der Waals surface area contributed by atoms with Crippen molar-refractivity contribution in [1.82, 2.24) is 9.55 Å². The number of benzene rings is 1. The Morgan fingerprint density at radius 2 is 1.82 bits per heavy atom. The zero-order chi connectivity index (χ0) is 20.6. The number of fused-ring (bicyclic) bond motifs is 1. The van der Waals surface area contributed by atoms with Crippen molar-refractivity contribution in [1.29, 1.82) is 0 Å². The maximum Gasteiger partial charge on any atom is 0.433 e. The van der Waals surface area contributed by atoms with Gasteiger partial charge in [-0.25, -0.2) is 9.78 Å². The van der Waals surface area contributed by atoms with Gasteiger partial charge in [0.1, 0.15) is 16.9 Å². The second kappa shape index (κ2) is 7.27. The highest BCUT2D eigenvalue weighted by Gasteiger charge is 2.34. The van der Waals surface area contributed by atoms with E-state index in [1.54, 1.807) is 31.2 Å². The average molecular weight is 411 g/mol. The third-order valence-corrected chi connectivity index (χ3v) is 4.41. The van der Waals surface area contributed by atoms with Crippen LogP contribution in [0.3, 0.4) is 0 Å². The molecule has 0 bridgehead atoms. The fourth-order valence-corrected chi connectivity index (χ4v) is 3.00. The molecule has 2 aromatic heterocycles. The fraction of sp³-hybridized carbons (Fsp3) is 0.211. The lowest BCUT2D eigenvalue weighted by atomic mass is 10.1. The van der Waals surface area contributed by atoms with Gasteiger partial charge in [0.2, 0.25) is 0 Å². The third-order valence-electron chi connectivity index (χ3n) is 4.02. The molecule has 28 heavy (non-hydrogen) atoms. The first kappa shape index (κ1) is 19.9. The zero-order valence-corrected chi connectivity index (χ0v) is 15.6. The zero-order valence-electron chi connectivity index (χ0n) is 14.8. The van der Waals surface area contributed by atoms with Gasteiger partial charge in [-0.3, -0.25) is 9.36 Å². The summed E-state index contributed by atoms with van der Waals surface area (Å²) >= 11 is 6.19. The minimum Gasteiger partial charge on any atom is -0.462 e. The van der Waals surface area contributed by atoms with E-state index < -0.39 is 29.0 Å². The maximum atomic E-state index is 13.2. The predicted molar refractivity (Wildman–Crippen MR) is 98.0 cm³/mol. The van der Waals surface area contributed by atoms with Crippen LogP contribution in [-0.4, -0.2) is 22.1 Å². The molecule has 0 amide bonds. The molecule has 0 fully saturated rings. The molecule has 0 N–H and O–H groups in total. The molecule has 3 rings (SSSR count). The lowest BCUT2D eigenvalue weighted by molar-refractivity contribution is -0.141. The van der Waals surface area contributed by atoms with Crippen LogP contribution < -0.4 is 5.56 Å². The van der Waals surface area contributed by atoms with Crippen LogP contribution in [-0.2, 0) is 10.9 Å². The number of hydrogen-bond acceptors (Lipinski definition) is 4. The van der Waals surface area contributed by atoms with E-state index in [0.717, 1.165) is 22.3 Å². The molecule has 0 saturated heterocycles. The van der Waals surface area contributed by atoms with Crippen molar-refractivity contribution in [3.8, 4) is 5.69 Å². The molecule has 0 spiro atoms. The molecular weight excluding hydrogens is 397 g/mol. The van der Waals surface area contributed by atoms with Gasteiger partial charge in [-0.05, 0) is 38.1 Å². The monoisotopic (exact) mass is 410 g/mol. The Morgan fingerprint density at radius 3 is 2.39 bits per heavy atom. The minimum absolute atomic E-state index is 0.00241. The minimum atomic E-state index is -4.71. The second-order valence-corrected chi connectivity index (χ2v) is 6.33. The van der Waals surface area contributed by atoms with E-state index >= 15 is 0 Å². The molecule has 0 saturated carbocycles. The summed E-state index contributed by atoms with van der Waals surface area (Å²) in [6.45, 7) is 3.38. The van der Waals surface area contributed by atoms with E-state index in [4.69, 9.17) is 16.3 Å². The number of ether oxygens (including phenoxy) is 1. The number of aromatic nitrogens is 2. The summed E-state index contributed by atoms with van der Waals surface area (Å²) in [7, 11) is 0. The van der Waals surface area contributed by atoms with Crippen LogP contribution in [0.25, 0.3) is 16.7 Å². The molecule has 3 aromatic rings. The van der Waals surface area contributed by atoms with Gasteiger partial charge in [-0.1, -0.05) is 29.3 Å². The molecule has 146 valence electrons. The Bertz CT molecular complexity index is 1120. The van der Waals surface area contributed by atoms with Crippen molar-refractivity contribution >= 4 is 28.6 Å². The summed E-state index contributed by atoms with van der Waals surface area (Å²) in [5.41, 5.74) is -1.73. The number of pyridine rings is 2. The molecule has 0 radical (unpaired) electrons. The Morgan fingerprint density at radius 1 is 1.18 bits per heavy atom.